The smallest absolute Gasteiger partial charge is 0.277 e. The molecule has 2 amide bonds. The van der Waals surface area contributed by atoms with Crippen LogP contribution in [0.3, 0.4) is 0 Å². The van der Waals surface area contributed by atoms with Gasteiger partial charge in [0.25, 0.3) is 17.0 Å². The van der Waals surface area contributed by atoms with E-state index in [1.54, 1.807) is 11.4 Å². The van der Waals surface area contributed by atoms with Gasteiger partial charge >= 0.3 is 0 Å². The Labute approximate surface area is 161 Å². The van der Waals surface area contributed by atoms with E-state index in [1.807, 2.05) is 30.5 Å². The number of benzene rings is 1. The van der Waals surface area contributed by atoms with Crippen LogP contribution in [0.1, 0.15) is 10.4 Å². The van der Waals surface area contributed by atoms with E-state index >= 15 is 0 Å². The molecule has 0 spiro atoms. The first-order valence-corrected chi connectivity index (χ1v) is 9.68. The van der Waals surface area contributed by atoms with Gasteiger partial charge < -0.3 is 20.5 Å². The number of para-hydroxylation sites is 1. The van der Waals surface area contributed by atoms with Gasteiger partial charge in [-0.3, -0.25) is 9.59 Å². The summed E-state index contributed by atoms with van der Waals surface area (Å²) in [6, 6.07) is 9.36. The zero-order chi connectivity index (χ0) is 18.8. The van der Waals surface area contributed by atoms with E-state index in [2.05, 4.69) is 20.5 Å². The summed E-state index contributed by atoms with van der Waals surface area (Å²) in [7, 11) is 0. The number of hydrogen-bond donors (Lipinski definition) is 3. The molecule has 3 aromatic heterocycles. The van der Waals surface area contributed by atoms with Gasteiger partial charge in [-0.05, 0) is 17.5 Å². The topological polar surface area (TPSA) is 127 Å². The summed E-state index contributed by atoms with van der Waals surface area (Å²) in [6.45, 7) is 0. The fraction of sp³-hybridized carbons (Fsp3) is 0.0588. The second-order valence-electron chi connectivity index (χ2n) is 5.49. The summed E-state index contributed by atoms with van der Waals surface area (Å²) in [5.41, 5.74) is 7.33. The highest BCUT2D eigenvalue weighted by Gasteiger charge is 2.16. The Morgan fingerprint density at radius 1 is 1.26 bits per heavy atom. The highest BCUT2D eigenvalue weighted by Crippen LogP contribution is 2.29. The molecule has 136 valence electrons. The monoisotopic (exact) mass is 399 g/mol. The molecule has 0 fully saturated rings. The van der Waals surface area contributed by atoms with Crippen molar-refractivity contribution in [2.75, 3.05) is 11.1 Å². The van der Waals surface area contributed by atoms with Crippen molar-refractivity contribution in [3.63, 3.8) is 0 Å². The zero-order valence-electron chi connectivity index (χ0n) is 13.8. The molecule has 0 aliphatic rings. The molecule has 0 saturated carbocycles. The molecular formula is C17H13N5O3S2. The highest BCUT2D eigenvalue weighted by molar-refractivity contribution is 7.99. The number of fused-ring (bicyclic) bond motifs is 1. The number of nitrogens with two attached hydrogens (primary N) is 1. The summed E-state index contributed by atoms with van der Waals surface area (Å²) >= 11 is 2.35. The van der Waals surface area contributed by atoms with Crippen LogP contribution < -0.4 is 11.1 Å². The van der Waals surface area contributed by atoms with E-state index in [0.717, 1.165) is 28.2 Å². The number of anilines is 1. The first kappa shape index (κ1) is 17.3. The van der Waals surface area contributed by atoms with Gasteiger partial charge in [0.2, 0.25) is 5.91 Å². The molecule has 0 bridgehead atoms. The summed E-state index contributed by atoms with van der Waals surface area (Å²) < 4.78 is 5.65. The third-order valence-electron chi connectivity index (χ3n) is 3.74. The van der Waals surface area contributed by atoms with Gasteiger partial charge in [-0.1, -0.05) is 30.0 Å². The first-order valence-electron chi connectivity index (χ1n) is 7.82. The van der Waals surface area contributed by atoms with E-state index in [4.69, 9.17) is 10.2 Å². The Morgan fingerprint density at radius 3 is 2.96 bits per heavy atom. The Balaban J connectivity index is 1.42. The minimum atomic E-state index is -0.584. The number of amides is 2. The number of thiophene rings is 1. The van der Waals surface area contributed by atoms with Crippen molar-refractivity contribution in [1.29, 1.82) is 0 Å². The van der Waals surface area contributed by atoms with Crippen molar-refractivity contribution in [2.24, 2.45) is 5.73 Å². The molecule has 4 N–H and O–H groups in total. The van der Waals surface area contributed by atoms with Gasteiger partial charge in [0.05, 0.1) is 16.9 Å². The lowest BCUT2D eigenvalue weighted by Gasteiger charge is -2.02. The standard InChI is InChI=1S/C17H13N5O3S2/c18-14(24)10-5-6-26-16(10)20-13(23)8-27-17-22-21-15(25-17)11-7-19-12-4-2-1-3-9(11)12/h1-7,19H,8H2,(H2,18,24)(H,20,23). The van der Waals surface area contributed by atoms with Crippen molar-refractivity contribution >= 4 is 50.8 Å². The lowest BCUT2D eigenvalue weighted by molar-refractivity contribution is -0.113. The van der Waals surface area contributed by atoms with Crippen molar-refractivity contribution in [3.8, 4) is 11.5 Å². The molecule has 0 saturated heterocycles. The minimum absolute atomic E-state index is 0.0611. The van der Waals surface area contributed by atoms with Crippen molar-refractivity contribution < 1.29 is 14.0 Å². The van der Waals surface area contributed by atoms with Crippen LogP contribution in [0.5, 0.6) is 0 Å². The number of primary amides is 1. The molecule has 4 rings (SSSR count). The molecule has 0 aliphatic carbocycles. The Morgan fingerprint density at radius 2 is 2.11 bits per heavy atom. The van der Waals surface area contributed by atoms with Gasteiger partial charge in [0.1, 0.15) is 5.00 Å². The van der Waals surface area contributed by atoms with Crippen molar-refractivity contribution in [2.45, 2.75) is 5.22 Å². The van der Waals surface area contributed by atoms with Gasteiger partial charge in [0.15, 0.2) is 0 Å². The van der Waals surface area contributed by atoms with Crippen LogP contribution >= 0.6 is 23.1 Å². The molecule has 0 aliphatic heterocycles. The first-order chi connectivity index (χ1) is 13.1. The average Bonchev–Trinajstić information content (AvgIpc) is 3.38. The molecular weight excluding hydrogens is 386 g/mol. The van der Waals surface area contributed by atoms with Gasteiger partial charge in [-0.15, -0.1) is 21.5 Å². The van der Waals surface area contributed by atoms with Crippen LogP contribution in [0, 0.1) is 0 Å². The quantitative estimate of drug-likeness (QED) is 0.428. The van der Waals surface area contributed by atoms with Crippen molar-refractivity contribution in [3.05, 3.63) is 47.5 Å². The third kappa shape index (κ3) is 3.57. The predicted octanol–water partition coefficient (Wildman–Crippen LogP) is 3.11. The van der Waals surface area contributed by atoms with Crippen LogP contribution in [-0.2, 0) is 4.79 Å². The van der Waals surface area contributed by atoms with Gasteiger partial charge in [-0.25, -0.2) is 0 Å². The van der Waals surface area contributed by atoms with Crippen LogP contribution in [0.2, 0.25) is 0 Å². The van der Waals surface area contributed by atoms with Crippen LogP contribution in [0.15, 0.2) is 51.5 Å². The number of H-pyrrole nitrogens is 1. The summed E-state index contributed by atoms with van der Waals surface area (Å²) in [5, 5.41) is 14.1. The maximum Gasteiger partial charge on any atom is 0.277 e. The fourth-order valence-corrected chi connectivity index (χ4v) is 3.89. The number of hydrogen-bond acceptors (Lipinski definition) is 7. The number of aromatic nitrogens is 3. The average molecular weight is 399 g/mol. The molecule has 8 nitrogen and oxygen atoms in total. The predicted molar refractivity (Wildman–Crippen MR) is 104 cm³/mol. The number of aromatic amines is 1. The lowest BCUT2D eigenvalue weighted by Crippen LogP contribution is -2.17. The third-order valence-corrected chi connectivity index (χ3v) is 5.38. The van der Waals surface area contributed by atoms with Gasteiger partial charge in [-0.2, -0.15) is 0 Å². The van der Waals surface area contributed by atoms with E-state index in [1.165, 1.54) is 11.3 Å². The number of rotatable bonds is 6. The normalized spacial score (nSPS) is 11.0. The van der Waals surface area contributed by atoms with E-state index < -0.39 is 5.91 Å². The number of carbonyl (C=O) groups is 2. The molecule has 27 heavy (non-hydrogen) atoms. The molecule has 10 heteroatoms. The van der Waals surface area contributed by atoms with Crippen molar-refractivity contribution in [1.82, 2.24) is 15.2 Å². The van der Waals surface area contributed by atoms with E-state index in [-0.39, 0.29) is 22.4 Å². The van der Waals surface area contributed by atoms with Crippen LogP contribution in [-0.4, -0.2) is 32.7 Å². The Kier molecular flexibility index (Phi) is 4.65. The zero-order valence-corrected chi connectivity index (χ0v) is 15.4. The molecule has 3 heterocycles. The SMILES string of the molecule is NC(=O)c1ccsc1NC(=O)CSc1nnc(-c2c[nH]c3ccccc23)o1. The fourth-order valence-electron chi connectivity index (χ4n) is 2.52. The van der Waals surface area contributed by atoms with Crippen LogP contribution in [0.4, 0.5) is 5.00 Å². The number of carbonyl (C=O) groups excluding carboxylic acids is 2. The molecule has 1 aromatic carbocycles. The summed E-state index contributed by atoms with van der Waals surface area (Å²) in [4.78, 5) is 26.5. The second kappa shape index (κ2) is 7.25. The maximum absolute atomic E-state index is 12.1. The number of thioether (sulfide) groups is 1. The van der Waals surface area contributed by atoms with Crippen LogP contribution in [0.25, 0.3) is 22.4 Å². The largest absolute Gasteiger partial charge is 0.411 e. The van der Waals surface area contributed by atoms with E-state index in [0.29, 0.717) is 10.9 Å². The molecule has 0 radical (unpaired) electrons. The maximum atomic E-state index is 12.1. The molecule has 0 unspecified atom stereocenters. The highest BCUT2D eigenvalue weighted by atomic mass is 32.2. The summed E-state index contributed by atoms with van der Waals surface area (Å²) in [5.74, 6) is -0.438. The molecule has 4 aromatic rings. The van der Waals surface area contributed by atoms with E-state index in [9.17, 15) is 9.59 Å². The number of nitrogens with one attached hydrogen (secondary N) is 2. The molecule has 0 atom stereocenters. The van der Waals surface area contributed by atoms with Gasteiger partial charge in [0, 0.05) is 17.1 Å². The Bertz CT molecular complexity index is 1130. The Hall–Kier alpha value is -3.11. The number of nitrogens with zero attached hydrogens (tertiary/aromatic N) is 2. The summed E-state index contributed by atoms with van der Waals surface area (Å²) in [6.07, 6.45) is 1.81. The lowest BCUT2D eigenvalue weighted by atomic mass is 10.2. The minimum Gasteiger partial charge on any atom is -0.411 e. The second-order valence-corrected chi connectivity index (χ2v) is 7.33.